The van der Waals surface area contributed by atoms with Gasteiger partial charge in [-0.25, -0.2) is 0 Å². The minimum absolute atomic E-state index is 0.275. The Labute approximate surface area is 176 Å². The largest absolute Gasteiger partial charge is 0.417 e. The van der Waals surface area contributed by atoms with Crippen molar-refractivity contribution >= 4 is 46.1 Å². The summed E-state index contributed by atoms with van der Waals surface area (Å²) < 4.78 is 39.2. The number of hydrogen-bond acceptors (Lipinski definition) is 4. The third kappa shape index (κ3) is 5.28. The average Bonchev–Trinajstić information content (AvgIpc) is 3.21. The molecule has 0 aliphatic heterocycles. The molecule has 1 aromatic carbocycles. The van der Waals surface area contributed by atoms with Gasteiger partial charge in [0.1, 0.15) is 11.6 Å². The van der Waals surface area contributed by atoms with Gasteiger partial charge in [-0.05, 0) is 41.8 Å². The van der Waals surface area contributed by atoms with Crippen LogP contribution in [0.5, 0.6) is 0 Å². The van der Waals surface area contributed by atoms with Crippen molar-refractivity contribution in [2.45, 2.75) is 12.7 Å². The van der Waals surface area contributed by atoms with Crippen LogP contribution in [0, 0.1) is 0 Å². The summed E-state index contributed by atoms with van der Waals surface area (Å²) in [7, 11) is 0. The number of halogens is 4. The fourth-order valence-electron chi connectivity index (χ4n) is 2.46. The van der Waals surface area contributed by atoms with E-state index in [1.165, 1.54) is 23.5 Å². The topological polar surface area (TPSA) is 80.2 Å². The number of carbonyl (C=O) groups excluding carboxylic acids is 2. The number of anilines is 2. The summed E-state index contributed by atoms with van der Waals surface area (Å²) in [6, 6.07) is 10.1. The predicted molar refractivity (Wildman–Crippen MR) is 108 cm³/mol. The lowest BCUT2D eigenvalue weighted by Gasteiger charge is -2.12. The highest BCUT2D eigenvalue weighted by molar-refractivity contribution is 7.12. The Morgan fingerprint density at radius 1 is 1.07 bits per heavy atom. The molecule has 0 fully saturated rings. The van der Waals surface area contributed by atoms with Gasteiger partial charge < -0.3 is 15.2 Å². The molecule has 2 aromatic heterocycles. The third-order valence-electron chi connectivity index (χ3n) is 3.86. The van der Waals surface area contributed by atoms with Crippen LogP contribution in [0.15, 0.2) is 58.8 Å². The SMILES string of the molecule is O=C(Cn1cc(C(F)(F)F)cc(Cl)c1=O)Nc1ccc(NC(=O)c2cccs2)cc1. The Morgan fingerprint density at radius 2 is 1.70 bits per heavy atom. The number of hydrogen-bond donors (Lipinski definition) is 2. The lowest BCUT2D eigenvalue weighted by Crippen LogP contribution is -2.29. The van der Waals surface area contributed by atoms with Crippen molar-refractivity contribution in [3.05, 3.63) is 79.9 Å². The van der Waals surface area contributed by atoms with Crippen LogP contribution < -0.4 is 16.2 Å². The van der Waals surface area contributed by atoms with E-state index in [2.05, 4.69) is 10.6 Å². The van der Waals surface area contributed by atoms with Gasteiger partial charge in [0.25, 0.3) is 11.5 Å². The van der Waals surface area contributed by atoms with E-state index >= 15 is 0 Å². The van der Waals surface area contributed by atoms with E-state index < -0.39 is 34.8 Å². The number of alkyl halides is 3. The van der Waals surface area contributed by atoms with Gasteiger partial charge in [-0.15, -0.1) is 11.3 Å². The maximum absolute atomic E-state index is 12.9. The predicted octanol–water partition coefficient (Wildman–Crippen LogP) is 4.47. The number of nitrogens with zero attached hydrogens (tertiary/aromatic N) is 1. The molecule has 2 amide bonds. The van der Waals surface area contributed by atoms with Crippen LogP contribution in [0.4, 0.5) is 24.5 Å². The number of carbonyl (C=O) groups is 2. The molecule has 11 heteroatoms. The molecule has 0 aliphatic carbocycles. The number of thiophene rings is 1. The molecule has 2 N–H and O–H groups in total. The molecule has 30 heavy (non-hydrogen) atoms. The Balaban J connectivity index is 1.66. The highest BCUT2D eigenvalue weighted by Gasteiger charge is 2.32. The van der Waals surface area contributed by atoms with Crippen molar-refractivity contribution in [1.82, 2.24) is 4.57 Å². The normalized spacial score (nSPS) is 11.2. The van der Waals surface area contributed by atoms with E-state index in [-0.39, 0.29) is 5.91 Å². The van der Waals surface area contributed by atoms with Crippen LogP contribution in [0.2, 0.25) is 5.02 Å². The molecular formula is C19H13ClF3N3O3S. The van der Waals surface area contributed by atoms with E-state index in [1.807, 2.05) is 0 Å². The zero-order chi connectivity index (χ0) is 21.9. The third-order valence-corrected chi connectivity index (χ3v) is 4.99. The van der Waals surface area contributed by atoms with Gasteiger partial charge in [0.15, 0.2) is 0 Å². The molecule has 0 bridgehead atoms. The first kappa shape index (κ1) is 21.6. The van der Waals surface area contributed by atoms with Crippen molar-refractivity contribution in [3.8, 4) is 0 Å². The Morgan fingerprint density at radius 3 is 2.27 bits per heavy atom. The molecule has 156 valence electrons. The summed E-state index contributed by atoms with van der Waals surface area (Å²) in [4.78, 5) is 36.6. The first-order valence-electron chi connectivity index (χ1n) is 8.35. The minimum Gasteiger partial charge on any atom is -0.325 e. The number of benzene rings is 1. The van der Waals surface area contributed by atoms with Crippen LogP contribution in [0.1, 0.15) is 15.2 Å². The van der Waals surface area contributed by atoms with Crippen molar-refractivity contribution in [3.63, 3.8) is 0 Å². The number of pyridine rings is 1. The Kier molecular flexibility index (Phi) is 6.28. The molecule has 3 rings (SSSR count). The molecule has 0 atom stereocenters. The summed E-state index contributed by atoms with van der Waals surface area (Å²) in [6.45, 7) is -0.653. The van der Waals surface area contributed by atoms with Crippen molar-refractivity contribution < 1.29 is 22.8 Å². The van der Waals surface area contributed by atoms with E-state index in [9.17, 15) is 27.6 Å². The molecule has 0 spiro atoms. The van der Waals surface area contributed by atoms with Crippen LogP contribution >= 0.6 is 22.9 Å². The minimum atomic E-state index is -4.71. The Hall–Kier alpha value is -3.11. The summed E-state index contributed by atoms with van der Waals surface area (Å²) in [6.07, 6.45) is -4.17. The van der Waals surface area contributed by atoms with Gasteiger partial charge >= 0.3 is 6.18 Å². The van der Waals surface area contributed by atoms with Gasteiger partial charge in [-0.3, -0.25) is 14.4 Å². The number of aromatic nitrogens is 1. The second-order valence-electron chi connectivity index (χ2n) is 6.06. The number of nitrogens with one attached hydrogen (secondary N) is 2. The summed E-state index contributed by atoms with van der Waals surface area (Å²) >= 11 is 6.86. The van der Waals surface area contributed by atoms with Crippen molar-refractivity contribution in [1.29, 1.82) is 0 Å². The highest BCUT2D eigenvalue weighted by atomic mass is 35.5. The van der Waals surface area contributed by atoms with Crippen molar-refractivity contribution in [2.24, 2.45) is 0 Å². The zero-order valence-corrected chi connectivity index (χ0v) is 16.6. The van der Waals surface area contributed by atoms with Crippen LogP contribution in [0.3, 0.4) is 0 Å². The lowest BCUT2D eigenvalue weighted by molar-refractivity contribution is -0.138. The number of amides is 2. The molecule has 2 heterocycles. The van der Waals surface area contributed by atoms with Gasteiger partial charge in [0.2, 0.25) is 5.91 Å². The summed E-state index contributed by atoms with van der Waals surface area (Å²) in [5, 5.41) is 6.30. The molecule has 0 saturated heterocycles. The first-order chi connectivity index (χ1) is 14.1. The van der Waals surface area contributed by atoms with E-state index in [1.54, 1.807) is 29.6 Å². The molecule has 3 aromatic rings. The van der Waals surface area contributed by atoms with Crippen LogP contribution in [-0.2, 0) is 17.5 Å². The maximum atomic E-state index is 12.9. The molecule has 0 aliphatic rings. The highest BCUT2D eigenvalue weighted by Crippen LogP contribution is 2.29. The maximum Gasteiger partial charge on any atom is 0.417 e. The van der Waals surface area contributed by atoms with Crippen LogP contribution in [-0.4, -0.2) is 16.4 Å². The zero-order valence-electron chi connectivity index (χ0n) is 15.0. The second-order valence-corrected chi connectivity index (χ2v) is 7.42. The van der Waals surface area contributed by atoms with E-state index in [4.69, 9.17) is 11.6 Å². The summed E-state index contributed by atoms with van der Waals surface area (Å²) in [5.41, 5.74) is -1.22. The van der Waals surface area contributed by atoms with Gasteiger partial charge in [-0.2, -0.15) is 13.2 Å². The van der Waals surface area contributed by atoms with Gasteiger partial charge in [0, 0.05) is 17.6 Å². The van der Waals surface area contributed by atoms with E-state index in [0.29, 0.717) is 33.1 Å². The standard InChI is InChI=1S/C19H13ClF3N3O3S/c20-14-8-11(19(21,22)23)9-26(18(14)29)10-16(27)24-12-3-5-13(6-4-12)25-17(28)15-2-1-7-30-15/h1-9H,10H2,(H,24,27)(H,25,28). The Bertz CT molecular complexity index is 1130. The van der Waals surface area contributed by atoms with Gasteiger partial charge in [0.05, 0.1) is 10.4 Å². The molecule has 0 radical (unpaired) electrons. The first-order valence-corrected chi connectivity index (χ1v) is 9.61. The number of rotatable bonds is 5. The monoisotopic (exact) mass is 455 g/mol. The smallest absolute Gasteiger partial charge is 0.325 e. The molecule has 0 unspecified atom stereocenters. The molecule has 6 nitrogen and oxygen atoms in total. The molecule has 0 saturated carbocycles. The van der Waals surface area contributed by atoms with Crippen LogP contribution in [0.25, 0.3) is 0 Å². The lowest BCUT2D eigenvalue weighted by atomic mass is 10.2. The fraction of sp³-hybridized carbons (Fsp3) is 0.105. The fourth-order valence-corrected chi connectivity index (χ4v) is 3.31. The van der Waals surface area contributed by atoms with Gasteiger partial charge in [-0.1, -0.05) is 17.7 Å². The molecular weight excluding hydrogens is 443 g/mol. The summed E-state index contributed by atoms with van der Waals surface area (Å²) in [5.74, 6) is -0.995. The second kappa shape index (κ2) is 8.72. The van der Waals surface area contributed by atoms with E-state index in [0.717, 1.165) is 0 Å². The van der Waals surface area contributed by atoms with Crippen molar-refractivity contribution in [2.75, 3.05) is 10.6 Å². The average molecular weight is 456 g/mol. The quantitative estimate of drug-likeness (QED) is 0.595.